The summed E-state index contributed by atoms with van der Waals surface area (Å²) in [7, 11) is 3.13. The van der Waals surface area contributed by atoms with Gasteiger partial charge < -0.3 is 20.3 Å². The van der Waals surface area contributed by atoms with E-state index in [-0.39, 0.29) is 5.75 Å². The molecule has 1 rings (SSSR count). The molecule has 0 atom stereocenters. The van der Waals surface area contributed by atoms with Crippen molar-refractivity contribution in [3.05, 3.63) is 17.7 Å². The van der Waals surface area contributed by atoms with E-state index in [1.54, 1.807) is 20.3 Å². The lowest BCUT2D eigenvalue weighted by Crippen LogP contribution is -1.99. The smallest absolute Gasteiger partial charge is 0.164 e. The van der Waals surface area contributed by atoms with Gasteiger partial charge in [0.05, 0.1) is 14.2 Å². The Kier molecular flexibility index (Phi) is 4.92. The molecule has 3 N–H and O–H groups in total. The Labute approximate surface area is 96.0 Å². The highest BCUT2D eigenvalue weighted by molar-refractivity contribution is 5.50. The molecule has 0 aliphatic rings. The van der Waals surface area contributed by atoms with Crippen LogP contribution in [-0.2, 0) is 6.42 Å². The summed E-state index contributed by atoms with van der Waals surface area (Å²) in [6.45, 7) is 0.675. The number of aryl methyl sites for hydroxylation is 1. The summed E-state index contributed by atoms with van der Waals surface area (Å²) in [5, 5.41) is 9.77. The second-order valence-corrected chi connectivity index (χ2v) is 3.58. The molecule has 0 bridgehead atoms. The zero-order valence-corrected chi connectivity index (χ0v) is 9.82. The lowest BCUT2D eigenvalue weighted by atomic mass is 10.1. The fourth-order valence-corrected chi connectivity index (χ4v) is 1.57. The number of aromatic hydroxyl groups is 1. The molecule has 1 aromatic carbocycles. The summed E-state index contributed by atoms with van der Waals surface area (Å²) in [6.07, 6.45) is 2.71. The minimum atomic E-state index is 0.245. The van der Waals surface area contributed by atoms with E-state index in [1.807, 2.05) is 6.07 Å². The van der Waals surface area contributed by atoms with Crippen LogP contribution in [0.3, 0.4) is 0 Å². The van der Waals surface area contributed by atoms with Gasteiger partial charge in [0.25, 0.3) is 0 Å². The highest BCUT2D eigenvalue weighted by Crippen LogP contribution is 2.34. The molecule has 0 saturated carbocycles. The molecular weight excluding hydrogens is 206 g/mol. The first kappa shape index (κ1) is 12.6. The molecule has 0 amide bonds. The predicted octanol–water partition coefficient (Wildman–Crippen LogP) is 1.69. The van der Waals surface area contributed by atoms with Crippen LogP contribution in [-0.4, -0.2) is 25.9 Å². The van der Waals surface area contributed by atoms with Gasteiger partial charge in [-0.1, -0.05) is 0 Å². The van der Waals surface area contributed by atoms with Crippen LogP contribution in [0, 0.1) is 0 Å². The van der Waals surface area contributed by atoms with Gasteiger partial charge in [-0.05, 0) is 37.4 Å². The molecule has 1 aromatic rings. The van der Waals surface area contributed by atoms with E-state index in [0.29, 0.717) is 18.0 Å². The third-order valence-electron chi connectivity index (χ3n) is 2.49. The average molecular weight is 225 g/mol. The molecule has 0 fully saturated rings. The zero-order chi connectivity index (χ0) is 12.0. The molecule has 90 valence electrons. The van der Waals surface area contributed by atoms with E-state index >= 15 is 0 Å². The predicted molar refractivity (Wildman–Crippen MR) is 63.2 cm³/mol. The largest absolute Gasteiger partial charge is 0.508 e. The van der Waals surface area contributed by atoms with E-state index in [2.05, 4.69) is 0 Å². The fourth-order valence-electron chi connectivity index (χ4n) is 1.57. The van der Waals surface area contributed by atoms with Gasteiger partial charge in [0.15, 0.2) is 11.5 Å². The monoisotopic (exact) mass is 225 g/mol. The minimum absolute atomic E-state index is 0.245. The van der Waals surface area contributed by atoms with Gasteiger partial charge in [-0.25, -0.2) is 0 Å². The molecule has 0 saturated heterocycles. The molecule has 0 spiro atoms. The van der Waals surface area contributed by atoms with Crippen LogP contribution in [0.4, 0.5) is 0 Å². The van der Waals surface area contributed by atoms with Crippen molar-refractivity contribution in [3.8, 4) is 17.2 Å². The number of hydrogen-bond acceptors (Lipinski definition) is 4. The van der Waals surface area contributed by atoms with Gasteiger partial charge in [0.1, 0.15) is 5.75 Å². The minimum Gasteiger partial charge on any atom is -0.508 e. The van der Waals surface area contributed by atoms with Crippen molar-refractivity contribution in [2.75, 3.05) is 20.8 Å². The molecule has 4 nitrogen and oxygen atoms in total. The first-order chi connectivity index (χ1) is 7.72. The normalized spacial score (nSPS) is 10.2. The van der Waals surface area contributed by atoms with Crippen molar-refractivity contribution in [1.82, 2.24) is 0 Å². The Morgan fingerprint density at radius 2 is 1.75 bits per heavy atom. The van der Waals surface area contributed by atoms with Crippen molar-refractivity contribution in [3.63, 3.8) is 0 Å². The maximum absolute atomic E-state index is 9.77. The first-order valence-corrected chi connectivity index (χ1v) is 5.36. The Morgan fingerprint density at radius 3 is 2.31 bits per heavy atom. The van der Waals surface area contributed by atoms with Gasteiger partial charge in [0, 0.05) is 6.07 Å². The van der Waals surface area contributed by atoms with E-state index in [1.165, 1.54) is 0 Å². The van der Waals surface area contributed by atoms with Crippen molar-refractivity contribution >= 4 is 0 Å². The van der Waals surface area contributed by atoms with E-state index in [0.717, 1.165) is 24.8 Å². The van der Waals surface area contributed by atoms with Crippen LogP contribution in [0.2, 0.25) is 0 Å². The van der Waals surface area contributed by atoms with Crippen molar-refractivity contribution in [2.24, 2.45) is 5.73 Å². The van der Waals surface area contributed by atoms with Gasteiger partial charge in [-0.15, -0.1) is 0 Å². The van der Waals surface area contributed by atoms with E-state index in [4.69, 9.17) is 15.2 Å². The van der Waals surface area contributed by atoms with Crippen LogP contribution < -0.4 is 15.2 Å². The highest BCUT2D eigenvalue weighted by Gasteiger charge is 2.09. The van der Waals surface area contributed by atoms with Crippen molar-refractivity contribution in [2.45, 2.75) is 19.3 Å². The zero-order valence-electron chi connectivity index (χ0n) is 9.82. The number of phenols is 1. The Bertz CT molecular complexity index is 339. The van der Waals surface area contributed by atoms with Gasteiger partial charge in [-0.2, -0.15) is 0 Å². The number of methoxy groups -OCH3 is 2. The molecule has 0 heterocycles. The Morgan fingerprint density at radius 1 is 1.12 bits per heavy atom. The highest BCUT2D eigenvalue weighted by atomic mass is 16.5. The second-order valence-electron chi connectivity index (χ2n) is 3.58. The Balaban J connectivity index is 2.84. The van der Waals surface area contributed by atoms with Crippen LogP contribution in [0.1, 0.15) is 18.4 Å². The van der Waals surface area contributed by atoms with Crippen LogP contribution in [0.25, 0.3) is 0 Å². The average Bonchev–Trinajstić information content (AvgIpc) is 2.31. The maximum Gasteiger partial charge on any atom is 0.164 e. The number of benzene rings is 1. The quantitative estimate of drug-likeness (QED) is 0.723. The van der Waals surface area contributed by atoms with Crippen LogP contribution in [0.15, 0.2) is 12.1 Å². The topological polar surface area (TPSA) is 64.7 Å². The summed E-state index contributed by atoms with van der Waals surface area (Å²) in [6, 6.07) is 3.39. The van der Waals surface area contributed by atoms with Crippen LogP contribution in [0.5, 0.6) is 17.2 Å². The van der Waals surface area contributed by atoms with E-state index < -0.39 is 0 Å². The third kappa shape index (κ3) is 3.03. The van der Waals surface area contributed by atoms with Crippen molar-refractivity contribution < 1.29 is 14.6 Å². The summed E-state index contributed by atoms with van der Waals surface area (Å²) in [5.41, 5.74) is 6.29. The van der Waals surface area contributed by atoms with Gasteiger partial charge >= 0.3 is 0 Å². The molecule has 16 heavy (non-hydrogen) atoms. The second kappa shape index (κ2) is 6.23. The number of unbranched alkanes of at least 4 members (excludes halogenated alkanes) is 1. The van der Waals surface area contributed by atoms with E-state index in [9.17, 15) is 5.11 Å². The number of hydrogen-bond donors (Lipinski definition) is 2. The number of rotatable bonds is 6. The molecule has 0 aliphatic carbocycles. The molecular formula is C12H19NO3. The SMILES string of the molecule is COc1cc(O)c(CCCCN)cc1OC. The molecule has 0 unspecified atom stereocenters. The first-order valence-electron chi connectivity index (χ1n) is 5.36. The fraction of sp³-hybridized carbons (Fsp3) is 0.500. The molecule has 0 radical (unpaired) electrons. The van der Waals surface area contributed by atoms with Crippen LogP contribution >= 0.6 is 0 Å². The standard InChI is InChI=1S/C12H19NO3/c1-15-11-7-9(5-3-4-6-13)10(14)8-12(11)16-2/h7-8,14H,3-6,13H2,1-2H3. The Hall–Kier alpha value is -1.42. The lowest BCUT2D eigenvalue weighted by Gasteiger charge is -2.11. The molecule has 0 aliphatic heterocycles. The molecule has 0 aromatic heterocycles. The summed E-state index contributed by atoms with van der Waals surface area (Å²) >= 11 is 0. The maximum atomic E-state index is 9.77. The third-order valence-corrected chi connectivity index (χ3v) is 2.49. The number of nitrogens with two attached hydrogens (primary N) is 1. The van der Waals surface area contributed by atoms with Gasteiger partial charge in [-0.3, -0.25) is 0 Å². The lowest BCUT2D eigenvalue weighted by molar-refractivity contribution is 0.350. The number of phenolic OH excluding ortho intramolecular Hbond substituents is 1. The summed E-state index contributed by atoms with van der Waals surface area (Å²) in [5.74, 6) is 1.43. The van der Waals surface area contributed by atoms with Gasteiger partial charge in [0.2, 0.25) is 0 Å². The number of ether oxygens (including phenoxy) is 2. The summed E-state index contributed by atoms with van der Waals surface area (Å²) < 4.78 is 10.3. The summed E-state index contributed by atoms with van der Waals surface area (Å²) in [4.78, 5) is 0. The molecule has 4 heteroatoms. The van der Waals surface area contributed by atoms with Crippen molar-refractivity contribution in [1.29, 1.82) is 0 Å².